The number of benzene rings is 1. The number of aryl methyl sites for hydroxylation is 1. The van der Waals surface area contributed by atoms with Crippen LogP contribution < -0.4 is 10.5 Å². The Kier molecular flexibility index (Phi) is 2.86. The molecule has 1 aromatic heterocycles. The third-order valence-electron chi connectivity index (χ3n) is 2.26. The molecule has 0 spiro atoms. The second-order valence-corrected chi connectivity index (χ2v) is 3.63. The maximum Gasteiger partial charge on any atom is 0.134 e. The van der Waals surface area contributed by atoms with Crippen molar-refractivity contribution in [2.75, 3.05) is 12.3 Å². The molecule has 0 amide bonds. The number of nitrogen functional groups attached to an aromatic ring is 1. The SMILES string of the molecule is CCOc1cc(N)cc(-c2ccc(C)o2)c1. The first-order chi connectivity index (χ1) is 7.69. The Morgan fingerprint density at radius 2 is 2.06 bits per heavy atom. The number of furan rings is 1. The molecule has 0 aliphatic heterocycles. The van der Waals surface area contributed by atoms with Gasteiger partial charge in [0.2, 0.25) is 0 Å². The smallest absolute Gasteiger partial charge is 0.134 e. The molecule has 16 heavy (non-hydrogen) atoms. The second-order valence-electron chi connectivity index (χ2n) is 3.63. The summed E-state index contributed by atoms with van der Waals surface area (Å²) in [6.45, 7) is 4.49. The van der Waals surface area contributed by atoms with Gasteiger partial charge < -0.3 is 14.9 Å². The molecule has 2 rings (SSSR count). The largest absolute Gasteiger partial charge is 0.494 e. The fourth-order valence-electron chi connectivity index (χ4n) is 1.60. The Hall–Kier alpha value is -1.90. The quantitative estimate of drug-likeness (QED) is 0.803. The van der Waals surface area contributed by atoms with Gasteiger partial charge >= 0.3 is 0 Å². The van der Waals surface area contributed by atoms with Gasteiger partial charge in [-0.25, -0.2) is 0 Å². The van der Waals surface area contributed by atoms with Gasteiger partial charge in [0.1, 0.15) is 17.3 Å². The Morgan fingerprint density at radius 1 is 1.25 bits per heavy atom. The van der Waals surface area contributed by atoms with Crippen LogP contribution in [-0.4, -0.2) is 6.61 Å². The molecular weight excluding hydrogens is 202 g/mol. The predicted molar refractivity (Wildman–Crippen MR) is 64.5 cm³/mol. The molecule has 0 atom stereocenters. The standard InChI is InChI=1S/C13H15NO2/c1-3-15-12-7-10(6-11(14)8-12)13-5-4-9(2)16-13/h4-8H,3,14H2,1-2H3. The van der Waals surface area contributed by atoms with Crippen molar-refractivity contribution in [3.63, 3.8) is 0 Å². The van der Waals surface area contributed by atoms with Crippen LogP contribution in [0.2, 0.25) is 0 Å². The predicted octanol–water partition coefficient (Wildman–Crippen LogP) is 3.24. The lowest BCUT2D eigenvalue weighted by Gasteiger charge is -2.06. The minimum absolute atomic E-state index is 0.625. The van der Waals surface area contributed by atoms with Crippen molar-refractivity contribution in [2.45, 2.75) is 13.8 Å². The molecule has 0 fully saturated rings. The lowest BCUT2D eigenvalue weighted by atomic mass is 10.1. The topological polar surface area (TPSA) is 48.4 Å². The van der Waals surface area contributed by atoms with Crippen LogP contribution in [-0.2, 0) is 0 Å². The summed E-state index contributed by atoms with van der Waals surface area (Å²) in [7, 11) is 0. The summed E-state index contributed by atoms with van der Waals surface area (Å²) in [6, 6.07) is 9.47. The Bertz CT molecular complexity index is 488. The highest BCUT2D eigenvalue weighted by molar-refractivity contribution is 5.65. The van der Waals surface area contributed by atoms with Crippen LogP contribution in [0.25, 0.3) is 11.3 Å². The summed E-state index contributed by atoms with van der Waals surface area (Å²) < 4.78 is 11.0. The first-order valence-corrected chi connectivity index (χ1v) is 5.29. The van der Waals surface area contributed by atoms with E-state index in [1.165, 1.54) is 0 Å². The van der Waals surface area contributed by atoms with Crippen LogP contribution in [0.4, 0.5) is 5.69 Å². The van der Waals surface area contributed by atoms with Crippen molar-refractivity contribution >= 4 is 5.69 Å². The average molecular weight is 217 g/mol. The van der Waals surface area contributed by atoms with E-state index in [0.29, 0.717) is 12.3 Å². The van der Waals surface area contributed by atoms with E-state index in [4.69, 9.17) is 14.9 Å². The molecule has 0 unspecified atom stereocenters. The number of hydrogen-bond donors (Lipinski definition) is 1. The highest BCUT2D eigenvalue weighted by atomic mass is 16.5. The third kappa shape index (κ3) is 2.19. The molecule has 0 radical (unpaired) electrons. The number of hydrogen-bond acceptors (Lipinski definition) is 3. The van der Waals surface area contributed by atoms with Gasteiger partial charge in [-0.3, -0.25) is 0 Å². The fourth-order valence-corrected chi connectivity index (χ4v) is 1.60. The normalized spacial score (nSPS) is 10.4. The summed E-state index contributed by atoms with van der Waals surface area (Å²) in [5, 5.41) is 0. The molecule has 1 heterocycles. The van der Waals surface area contributed by atoms with E-state index in [-0.39, 0.29) is 0 Å². The summed E-state index contributed by atoms with van der Waals surface area (Å²) in [5.41, 5.74) is 7.43. The van der Waals surface area contributed by atoms with E-state index in [1.54, 1.807) is 0 Å². The first-order valence-electron chi connectivity index (χ1n) is 5.29. The zero-order valence-electron chi connectivity index (χ0n) is 9.49. The summed E-state index contributed by atoms with van der Waals surface area (Å²) in [6.07, 6.45) is 0. The molecule has 1 aromatic carbocycles. The van der Waals surface area contributed by atoms with Gasteiger partial charge in [-0.2, -0.15) is 0 Å². The van der Waals surface area contributed by atoms with E-state index in [9.17, 15) is 0 Å². The van der Waals surface area contributed by atoms with Crippen molar-refractivity contribution < 1.29 is 9.15 Å². The maximum atomic E-state index is 5.81. The molecule has 2 N–H and O–H groups in total. The molecule has 3 nitrogen and oxygen atoms in total. The minimum Gasteiger partial charge on any atom is -0.494 e. The number of nitrogens with two attached hydrogens (primary N) is 1. The molecule has 0 aliphatic rings. The van der Waals surface area contributed by atoms with Gasteiger partial charge in [0.15, 0.2) is 0 Å². The van der Waals surface area contributed by atoms with Gasteiger partial charge in [0, 0.05) is 17.3 Å². The van der Waals surface area contributed by atoms with Gasteiger partial charge in [-0.05, 0) is 38.1 Å². The lowest BCUT2D eigenvalue weighted by Crippen LogP contribution is -1.94. The monoisotopic (exact) mass is 217 g/mol. The van der Waals surface area contributed by atoms with Crippen LogP contribution in [0.1, 0.15) is 12.7 Å². The van der Waals surface area contributed by atoms with Crippen molar-refractivity contribution in [1.29, 1.82) is 0 Å². The molecule has 0 saturated carbocycles. The van der Waals surface area contributed by atoms with Gasteiger partial charge in [0.25, 0.3) is 0 Å². The van der Waals surface area contributed by atoms with Crippen molar-refractivity contribution in [3.05, 3.63) is 36.1 Å². The van der Waals surface area contributed by atoms with Crippen molar-refractivity contribution in [2.24, 2.45) is 0 Å². The molecule has 0 aliphatic carbocycles. The van der Waals surface area contributed by atoms with E-state index >= 15 is 0 Å². The van der Waals surface area contributed by atoms with Crippen molar-refractivity contribution in [3.8, 4) is 17.1 Å². The second kappa shape index (κ2) is 4.31. The molecule has 84 valence electrons. The molecule has 0 bridgehead atoms. The Morgan fingerprint density at radius 3 is 2.69 bits per heavy atom. The molecule has 3 heteroatoms. The third-order valence-corrected chi connectivity index (χ3v) is 2.26. The molecule has 2 aromatic rings. The number of anilines is 1. The first kappa shape index (κ1) is 10.6. The van der Waals surface area contributed by atoms with Crippen molar-refractivity contribution in [1.82, 2.24) is 0 Å². The molecular formula is C13H15NO2. The summed E-state index contributed by atoms with van der Waals surface area (Å²) in [4.78, 5) is 0. The zero-order chi connectivity index (χ0) is 11.5. The summed E-state index contributed by atoms with van der Waals surface area (Å²) >= 11 is 0. The highest BCUT2D eigenvalue weighted by Crippen LogP contribution is 2.28. The van der Waals surface area contributed by atoms with E-state index in [1.807, 2.05) is 44.2 Å². The average Bonchev–Trinajstić information content (AvgIpc) is 2.64. The van der Waals surface area contributed by atoms with E-state index in [0.717, 1.165) is 22.8 Å². The van der Waals surface area contributed by atoms with Crippen LogP contribution in [0.5, 0.6) is 5.75 Å². The Labute approximate surface area is 94.8 Å². The zero-order valence-corrected chi connectivity index (χ0v) is 9.49. The van der Waals surface area contributed by atoms with Crippen LogP contribution in [0.3, 0.4) is 0 Å². The Balaban J connectivity index is 2.40. The van der Waals surface area contributed by atoms with Crippen LogP contribution in [0, 0.1) is 6.92 Å². The van der Waals surface area contributed by atoms with E-state index in [2.05, 4.69) is 0 Å². The number of ether oxygens (including phenoxy) is 1. The van der Waals surface area contributed by atoms with Gasteiger partial charge in [-0.15, -0.1) is 0 Å². The fraction of sp³-hybridized carbons (Fsp3) is 0.231. The van der Waals surface area contributed by atoms with Gasteiger partial charge in [-0.1, -0.05) is 0 Å². The highest BCUT2D eigenvalue weighted by Gasteiger charge is 2.05. The lowest BCUT2D eigenvalue weighted by molar-refractivity contribution is 0.340. The summed E-state index contributed by atoms with van der Waals surface area (Å²) in [5.74, 6) is 2.47. The van der Waals surface area contributed by atoms with Crippen LogP contribution in [0.15, 0.2) is 34.7 Å². The van der Waals surface area contributed by atoms with Gasteiger partial charge in [0.05, 0.1) is 6.61 Å². The van der Waals surface area contributed by atoms with Crippen LogP contribution >= 0.6 is 0 Å². The molecule has 0 saturated heterocycles. The minimum atomic E-state index is 0.625. The maximum absolute atomic E-state index is 5.81. The number of rotatable bonds is 3. The van der Waals surface area contributed by atoms with E-state index < -0.39 is 0 Å².